The largest absolute Gasteiger partial charge is 0.409 e. The van der Waals surface area contributed by atoms with Gasteiger partial charge in [0.15, 0.2) is 5.84 Å². The molecule has 0 aliphatic carbocycles. The van der Waals surface area contributed by atoms with Crippen molar-refractivity contribution in [3.05, 3.63) is 53.2 Å². The molecule has 19 heavy (non-hydrogen) atoms. The van der Waals surface area contributed by atoms with Crippen LogP contribution in [0.25, 0.3) is 0 Å². The van der Waals surface area contributed by atoms with Crippen LogP contribution in [-0.2, 0) is 0 Å². The minimum absolute atomic E-state index is 0.0689. The summed E-state index contributed by atoms with van der Waals surface area (Å²) in [6, 6.07) is 9.76. The van der Waals surface area contributed by atoms with E-state index in [9.17, 15) is 0 Å². The number of benzene rings is 1. The number of amidine groups is 1. The van der Waals surface area contributed by atoms with Crippen LogP contribution < -0.4 is 5.73 Å². The Labute approximate surface area is 116 Å². The lowest BCUT2D eigenvalue weighted by molar-refractivity contribution is 0.318. The number of nitrogens with two attached hydrogens (primary N) is 1. The molecule has 2 aromatic rings. The molecule has 0 aliphatic rings. The van der Waals surface area contributed by atoms with Crippen LogP contribution in [0.1, 0.15) is 16.7 Å². The Kier molecular flexibility index (Phi) is 4.06. The van der Waals surface area contributed by atoms with Gasteiger partial charge in [0.2, 0.25) is 0 Å². The molecule has 0 atom stereocenters. The molecular weight excluding hydrogens is 258 g/mol. The lowest BCUT2D eigenvalue weighted by Gasteiger charge is -2.08. The fourth-order valence-corrected chi connectivity index (χ4v) is 2.60. The summed E-state index contributed by atoms with van der Waals surface area (Å²) in [7, 11) is 0. The summed E-state index contributed by atoms with van der Waals surface area (Å²) in [6.45, 7) is 4.15. The zero-order valence-corrected chi connectivity index (χ0v) is 11.6. The maximum Gasteiger partial charge on any atom is 0.172 e. The molecule has 0 saturated heterocycles. The Morgan fingerprint density at radius 2 is 2.05 bits per heavy atom. The lowest BCUT2D eigenvalue weighted by Crippen LogP contribution is -2.14. The van der Waals surface area contributed by atoms with E-state index in [0.717, 1.165) is 9.92 Å². The first-order valence-corrected chi connectivity index (χ1v) is 6.61. The van der Waals surface area contributed by atoms with Gasteiger partial charge in [0, 0.05) is 11.1 Å². The van der Waals surface area contributed by atoms with Gasteiger partial charge in [0.05, 0.1) is 5.56 Å². The lowest BCUT2D eigenvalue weighted by atomic mass is 10.1. The van der Waals surface area contributed by atoms with Crippen molar-refractivity contribution in [2.75, 3.05) is 0 Å². The smallest absolute Gasteiger partial charge is 0.172 e. The van der Waals surface area contributed by atoms with E-state index in [0.29, 0.717) is 5.56 Å². The minimum Gasteiger partial charge on any atom is -0.409 e. The first kappa shape index (κ1) is 13.4. The van der Waals surface area contributed by atoms with Gasteiger partial charge in [0.1, 0.15) is 5.03 Å². The number of nitrogens with zero attached hydrogens (tertiary/aromatic N) is 2. The molecule has 0 aliphatic heterocycles. The molecule has 0 radical (unpaired) electrons. The monoisotopic (exact) mass is 273 g/mol. The van der Waals surface area contributed by atoms with Crippen molar-refractivity contribution in [3.63, 3.8) is 0 Å². The summed E-state index contributed by atoms with van der Waals surface area (Å²) < 4.78 is 0. The van der Waals surface area contributed by atoms with Gasteiger partial charge in [-0.3, -0.25) is 0 Å². The molecule has 0 bridgehead atoms. The summed E-state index contributed by atoms with van der Waals surface area (Å²) >= 11 is 1.50. The molecule has 1 heterocycles. The third kappa shape index (κ3) is 3.06. The molecule has 0 spiro atoms. The second-order valence-electron chi connectivity index (χ2n) is 4.19. The molecular formula is C14H15N3OS. The number of hydrogen-bond acceptors (Lipinski definition) is 4. The fourth-order valence-electron chi connectivity index (χ4n) is 1.61. The van der Waals surface area contributed by atoms with Gasteiger partial charge < -0.3 is 10.9 Å². The fraction of sp³-hybridized carbons (Fsp3) is 0.143. The predicted molar refractivity (Wildman–Crippen MR) is 76.8 cm³/mol. The van der Waals surface area contributed by atoms with E-state index in [4.69, 9.17) is 10.9 Å². The molecule has 4 nitrogen and oxygen atoms in total. The van der Waals surface area contributed by atoms with Gasteiger partial charge in [-0.25, -0.2) is 4.98 Å². The van der Waals surface area contributed by atoms with E-state index in [1.807, 2.05) is 6.07 Å². The Bertz CT molecular complexity index is 626. The highest BCUT2D eigenvalue weighted by atomic mass is 32.2. The van der Waals surface area contributed by atoms with Crippen LogP contribution in [-0.4, -0.2) is 16.0 Å². The standard InChI is InChI=1S/C14H15N3OS/c1-9-5-6-11(8-10(9)2)19-14-12(13(15)17-18)4-3-7-16-14/h3-8,18H,1-2H3,(H2,15,17). The molecule has 1 aromatic carbocycles. The van der Waals surface area contributed by atoms with Crippen LogP contribution in [0.5, 0.6) is 0 Å². The van der Waals surface area contributed by atoms with Gasteiger partial charge >= 0.3 is 0 Å². The second kappa shape index (κ2) is 5.75. The molecule has 2 rings (SSSR count). The number of pyridine rings is 1. The van der Waals surface area contributed by atoms with Crippen LogP contribution in [0.3, 0.4) is 0 Å². The molecule has 98 valence electrons. The number of hydrogen-bond donors (Lipinski definition) is 2. The summed E-state index contributed by atoms with van der Waals surface area (Å²) in [5.41, 5.74) is 8.76. The van der Waals surface area contributed by atoms with E-state index in [-0.39, 0.29) is 5.84 Å². The Morgan fingerprint density at radius 3 is 2.74 bits per heavy atom. The zero-order chi connectivity index (χ0) is 13.8. The quantitative estimate of drug-likeness (QED) is 0.390. The van der Waals surface area contributed by atoms with Gasteiger partial charge in [0.25, 0.3) is 0 Å². The van der Waals surface area contributed by atoms with Gasteiger partial charge in [-0.1, -0.05) is 23.0 Å². The van der Waals surface area contributed by atoms with Crippen LogP contribution in [0.15, 0.2) is 51.6 Å². The molecule has 0 saturated carbocycles. The highest BCUT2D eigenvalue weighted by Crippen LogP contribution is 2.29. The van der Waals surface area contributed by atoms with Crippen LogP contribution in [0.2, 0.25) is 0 Å². The van der Waals surface area contributed by atoms with Crippen molar-refractivity contribution in [1.29, 1.82) is 0 Å². The zero-order valence-electron chi connectivity index (χ0n) is 10.8. The third-order valence-electron chi connectivity index (χ3n) is 2.85. The highest BCUT2D eigenvalue weighted by molar-refractivity contribution is 7.99. The average Bonchev–Trinajstić information content (AvgIpc) is 2.43. The van der Waals surface area contributed by atoms with E-state index in [1.165, 1.54) is 22.9 Å². The van der Waals surface area contributed by atoms with Crippen LogP contribution >= 0.6 is 11.8 Å². The van der Waals surface area contributed by atoms with Gasteiger partial charge in [-0.15, -0.1) is 0 Å². The van der Waals surface area contributed by atoms with Crippen molar-refractivity contribution in [2.24, 2.45) is 10.9 Å². The molecule has 1 aromatic heterocycles. The van der Waals surface area contributed by atoms with Crippen molar-refractivity contribution in [1.82, 2.24) is 4.98 Å². The van der Waals surface area contributed by atoms with Crippen molar-refractivity contribution >= 4 is 17.6 Å². The summed E-state index contributed by atoms with van der Waals surface area (Å²) in [5, 5.41) is 12.5. The van der Waals surface area contributed by atoms with Crippen molar-refractivity contribution < 1.29 is 5.21 Å². The third-order valence-corrected chi connectivity index (χ3v) is 3.86. The van der Waals surface area contributed by atoms with E-state index in [2.05, 4.69) is 36.1 Å². The maximum absolute atomic E-state index is 8.79. The summed E-state index contributed by atoms with van der Waals surface area (Å²) in [6.07, 6.45) is 1.69. The average molecular weight is 273 g/mol. The van der Waals surface area contributed by atoms with E-state index < -0.39 is 0 Å². The van der Waals surface area contributed by atoms with Gasteiger partial charge in [-0.2, -0.15) is 0 Å². The summed E-state index contributed by atoms with van der Waals surface area (Å²) in [5.74, 6) is 0.0689. The SMILES string of the molecule is Cc1ccc(Sc2ncccc2/C(N)=N/O)cc1C. The maximum atomic E-state index is 8.79. The number of rotatable bonds is 3. The molecule has 3 N–H and O–H groups in total. The minimum atomic E-state index is 0.0689. The van der Waals surface area contributed by atoms with Crippen LogP contribution in [0, 0.1) is 13.8 Å². The molecule has 0 fully saturated rings. The normalized spacial score (nSPS) is 11.6. The van der Waals surface area contributed by atoms with Crippen LogP contribution in [0.4, 0.5) is 0 Å². The first-order valence-electron chi connectivity index (χ1n) is 5.80. The summed E-state index contributed by atoms with van der Waals surface area (Å²) in [4.78, 5) is 5.36. The predicted octanol–water partition coefficient (Wildman–Crippen LogP) is 2.94. The van der Waals surface area contributed by atoms with E-state index in [1.54, 1.807) is 18.3 Å². The highest BCUT2D eigenvalue weighted by Gasteiger charge is 2.09. The Morgan fingerprint density at radius 1 is 1.26 bits per heavy atom. The molecule has 0 unspecified atom stereocenters. The second-order valence-corrected chi connectivity index (χ2v) is 5.25. The van der Waals surface area contributed by atoms with E-state index >= 15 is 0 Å². The topological polar surface area (TPSA) is 71.5 Å². The molecule has 5 heteroatoms. The van der Waals surface area contributed by atoms with Gasteiger partial charge in [-0.05, 0) is 49.2 Å². The Balaban J connectivity index is 2.35. The number of aryl methyl sites for hydroxylation is 2. The number of aromatic nitrogens is 1. The number of oxime groups is 1. The van der Waals surface area contributed by atoms with Crippen molar-refractivity contribution in [3.8, 4) is 0 Å². The first-order chi connectivity index (χ1) is 9.11. The molecule has 0 amide bonds. The Hall–Kier alpha value is -2.01. The van der Waals surface area contributed by atoms with Crippen molar-refractivity contribution in [2.45, 2.75) is 23.8 Å².